The third-order valence-corrected chi connectivity index (χ3v) is 0.872. The van der Waals surface area contributed by atoms with Gasteiger partial charge in [0, 0.05) is 0 Å². The van der Waals surface area contributed by atoms with Gasteiger partial charge in [-0.3, -0.25) is 4.79 Å². The van der Waals surface area contributed by atoms with Crippen LogP contribution < -0.4 is 9.93 Å². The SMILES string of the molecule is O=C1C=[N+]NS1. The molecule has 1 heterocycles. The molecule has 0 aromatic carbocycles. The van der Waals surface area contributed by atoms with Crippen molar-refractivity contribution in [3.8, 4) is 0 Å². The minimum atomic E-state index is -0.0324. The summed E-state index contributed by atoms with van der Waals surface area (Å²) in [6, 6.07) is 0. The number of nitrogens with zero attached hydrogens (tertiary/aromatic N) is 1. The van der Waals surface area contributed by atoms with Crippen molar-refractivity contribution in [3.63, 3.8) is 0 Å². The average molecular weight is 102 g/mol. The van der Waals surface area contributed by atoms with Crippen LogP contribution in [0.15, 0.2) is 0 Å². The monoisotopic (exact) mass is 102 g/mol. The van der Waals surface area contributed by atoms with Gasteiger partial charge >= 0.3 is 11.3 Å². The summed E-state index contributed by atoms with van der Waals surface area (Å²) in [6.45, 7) is 0. The van der Waals surface area contributed by atoms with Gasteiger partial charge in [-0.15, -0.1) is 0 Å². The zero-order valence-corrected chi connectivity index (χ0v) is 3.66. The third kappa shape index (κ3) is 0.514. The fraction of sp³-hybridized carbons (Fsp3) is 0. The van der Waals surface area contributed by atoms with Gasteiger partial charge in [-0.25, -0.2) is 0 Å². The van der Waals surface area contributed by atoms with Crippen LogP contribution in [0.5, 0.6) is 0 Å². The van der Waals surface area contributed by atoms with Gasteiger partial charge in [0.1, 0.15) is 11.9 Å². The molecule has 0 aromatic rings. The number of carbonyl (C=O) groups is 1. The van der Waals surface area contributed by atoms with Gasteiger partial charge in [0.25, 0.3) is 0 Å². The summed E-state index contributed by atoms with van der Waals surface area (Å²) in [7, 11) is 0. The molecule has 1 rings (SSSR count). The molecule has 1 radical (unpaired) electrons. The standard InChI is InChI=1S/C2H2N2OS/c5-2-1-3-4-6-2/h1,4H/q+1. The normalized spacial score (nSPS) is 18.3. The molecule has 0 aromatic heterocycles. The molecule has 4 heteroatoms. The van der Waals surface area contributed by atoms with E-state index in [9.17, 15) is 4.79 Å². The van der Waals surface area contributed by atoms with Crippen LogP contribution in [-0.2, 0) is 4.79 Å². The highest BCUT2D eigenvalue weighted by molar-refractivity contribution is 8.13. The first kappa shape index (κ1) is 3.67. The van der Waals surface area contributed by atoms with E-state index in [-0.39, 0.29) is 5.12 Å². The van der Waals surface area contributed by atoms with E-state index in [1.54, 1.807) is 0 Å². The lowest BCUT2D eigenvalue weighted by Crippen LogP contribution is -1.95. The Bertz CT molecular complexity index is 99.7. The van der Waals surface area contributed by atoms with Gasteiger partial charge in [-0.05, 0) is 0 Å². The van der Waals surface area contributed by atoms with E-state index in [4.69, 9.17) is 0 Å². The molecule has 0 bridgehead atoms. The molecule has 31 valence electrons. The van der Waals surface area contributed by atoms with Crippen molar-refractivity contribution in [3.05, 3.63) is 0 Å². The minimum Gasteiger partial charge on any atom is -0.273 e. The van der Waals surface area contributed by atoms with E-state index in [0.29, 0.717) is 0 Å². The molecular formula is C2H2N2OS+. The van der Waals surface area contributed by atoms with Crippen LogP contribution in [0.4, 0.5) is 0 Å². The molecule has 0 aliphatic carbocycles. The van der Waals surface area contributed by atoms with Crippen molar-refractivity contribution < 1.29 is 4.79 Å². The van der Waals surface area contributed by atoms with Crippen LogP contribution in [0.2, 0.25) is 0 Å². The van der Waals surface area contributed by atoms with Crippen LogP contribution in [0.3, 0.4) is 0 Å². The molecule has 1 aliphatic rings. The lowest BCUT2D eigenvalue weighted by Gasteiger charge is -1.62. The summed E-state index contributed by atoms with van der Waals surface area (Å²) >= 11 is 0.986. The van der Waals surface area contributed by atoms with Gasteiger partial charge in [0.15, 0.2) is 5.10 Å². The summed E-state index contributed by atoms with van der Waals surface area (Å²) in [6.07, 6.45) is 1.24. The van der Waals surface area contributed by atoms with Crippen LogP contribution in [0, 0.1) is 0 Å². The van der Waals surface area contributed by atoms with Crippen LogP contribution in [0.25, 0.3) is 0 Å². The maximum Gasteiger partial charge on any atom is 0.331 e. The van der Waals surface area contributed by atoms with E-state index in [1.165, 1.54) is 6.21 Å². The second-order valence-corrected chi connectivity index (χ2v) is 1.56. The maximum atomic E-state index is 9.99. The third-order valence-electron chi connectivity index (χ3n) is 0.369. The fourth-order valence-corrected chi connectivity index (χ4v) is 0.478. The highest BCUT2D eigenvalue weighted by atomic mass is 32.2. The number of nitrogens with one attached hydrogen (secondary N) is 1. The first-order valence-corrected chi connectivity index (χ1v) is 2.20. The second kappa shape index (κ2) is 1.30. The first-order chi connectivity index (χ1) is 2.89. The number of hydrogen-bond acceptors (Lipinski definition) is 4. The largest absolute Gasteiger partial charge is 0.331 e. The van der Waals surface area contributed by atoms with Gasteiger partial charge in [-0.1, -0.05) is 4.83 Å². The molecule has 3 nitrogen and oxygen atoms in total. The molecule has 1 aliphatic heterocycles. The molecule has 6 heavy (non-hydrogen) atoms. The molecule has 0 saturated heterocycles. The van der Waals surface area contributed by atoms with Crippen molar-refractivity contribution in [1.82, 2.24) is 9.93 Å². The Hall–Kier alpha value is -0.510. The van der Waals surface area contributed by atoms with E-state index in [2.05, 4.69) is 9.93 Å². The average Bonchev–Trinajstić information content (AvgIpc) is 1.86. The summed E-state index contributed by atoms with van der Waals surface area (Å²) in [5.74, 6) is 0. The van der Waals surface area contributed by atoms with Gasteiger partial charge in [0.05, 0.1) is 0 Å². The predicted octanol–water partition coefficient (Wildman–Crippen LogP) is -0.914. The Kier molecular flexibility index (Phi) is 0.795. The summed E-state index contributed by atoms with van der Waals surface area (Å²) in [4.78, 5) is 12.4. The van der Waals surface area contributed by atoms with E-state index in [0.717, 1.165) is 11.9 Å². The number of rotatable bonds is 0. The molecule has 1 N–H and O–H groups in total. The maximum absolute atomic E-state index is 9.99. The highest BCUT2D eigenvalue weighted by Gasteiger charge is 2.14. The second-order valence-electron chi connectivity index (χ2n) is 0.771. The first-order valence-electron chi connectivity index (χ1n) is 1.38. The van der Waals surface area contributed by atoms with Gasteiger partial charge in [-0.2, -0.15) is 0 Å². The Labute approximate surface area is 38.9 Å². The van der Waals surface area contributed by atoms with Crippen LogP contribution in [-0.4, -0.2) is 11.3 Å². The zero-order chi connectivity index (χ0) is 4.41. The predicted molar refractivity (Wildman–Crippen MR) is 23.9 cm³/mol. The van der Waals surface area contributed by atoms with Crippen molar-refractivity contribution in [2.45, 2.75) is 0 Å². The van der Waals surface area contributed by atoms with E-state index < -0.39 is 0 Å². The van der Waals surface area contributed by atoms with E-state index >= 15 is 0 Å². The summed E-state index contributed by atoms with van der Waals surface area (Å²) < 4.78 is 0. The Morgan fingerprint density at radius 1 is 2.00 bits per heavy atom. The lowest BCUT2D eigenvalue weighted by molar-refractivity contribution is -0.105. The quantitative estimate of drug-likeness (QED) is 0.402. The van der Waals surface area contributed by atoms with Gasteiger partial charge < -0.3 is 0 Å². The fourth-order valence-electron chi connectivity index (χ4n) is 0.177. The van der Waals surface area contributed by atoms with Gasteiger partial charge in [0.2, 0.25) is 0 Å². The zero-order valence-electron chi connectivity index (χ0n) is 2.84. The van der Waals surface area contributed by atoms with Crippen LogP contribution >= 0.6 is 11.9 Å². The Balaban J connectivity index is 2.59. The van der Waals surface area contributed by atoms with E-state index in [1.807, 2.05) is 0 Å². The van der Waals surface area contributed by atoms with Crippen LogP contribution in [0.1, 0.15) is 0 Å². The molecular weight excluding hydrogens is 100 g/mol. The van der Waals surface area contributed by atoms with Crippen molar-refractivity contribution in [1.29, 1.82) is 0 Å². The highest BCUT2D eigenvalue weighted by Crippen LogP contribution is 1.91. The minimum absolute atomic E-state index is 0.0324. The molecule has 0 atom stereocenters. The van der Waals surface area contributed by atoms with Crippen molar-refractivity contribution >= 4 is 23.3 Å². The Morgan fingerprint density at radius 2 is 2.83 bits per heavy atom. The molecule has 0 saturated carbocycles. The molecule has 0 spiro atoms. The smallest absolute Gasteiger partial charge is 0.273 e. The molecule has 0 unspecified atom stereocenters. The number of carbonyl (C=O) groups excluding carboxylic acids is 1. The topological polar surface area (TPSA) is 43.2 Å². The number of hydrogen-bond donors (Lipinski definition) is 1. The Morgan fingerprint density at radius 3 is 3.00 bits per heavy atom. The molecule has 0 fully saturated rings. The summed E-state index contributed by atoms with van der Waals surface area (Å²) in [5, 5.41) is 3.37. The lowest BCUT2D eigenvalue weighted by atomic mass is 10.9. The van der Waals surface area contributed by atoms with Crippen molar-refractivity contribution in [2.75, 3.05) is 0 Å². The van der Waals surface area contributed by atoms with Crippen molar-refractivity contribution in [2.24, 2.45) is 0 Å². The summed E-state index contributed by atoms with van der Waals surface area (Å²) in [5.41, 5.74) is 0. The number of hydrazone groups is 1. The molecule has 0 amide bonds.